The molecule has 0 aliphatic carbocycles. The van der Waals surface area contributed by atoms with Crippen molar-refractivity contribution in [1.29, 1.82) is 0 Å². The molecule has 0 amide bonds. The quantitative estimate of drug-likeness (QED) is 0.880. The first-order valence-corrected chi connectivity index (χ1v) is 9.25. The second-order valence-electron chi connectivity index (χ2n) is 6.09. The smallest absolute Gasteiger partial charge is 0.355 e. The van der Waals surface area contributed by atoms with E-state index in [-0.39, 0.29) is 5.69 Å². The van der Waals surface area contributed by atoms with Crippen LogP contribution in [0.2, 0.25) is 0 Å². The number of nitrogens with zero attached hydrogens (tertiary/aromatic N) is 2. The molecule has 1 saturated heterocycles. The summed E-state index contributed by atoms with van der Waals surface area (Å²) in [4.78, 5) is 17.7. The maximum absolute atomic E-state index is 11.0. The SMILES string of the molecule is O=C(O)c1csc(CN2CCCCCC2/C=C/c2ccccc2)n1. The summed E-state index contributed by atoms with van der Waals surface area (Å²) in [5.74, 6) is -0.950. The van der Waals surface area contributed by atoms with E-state index in [1.165, 1.54) is 36.2 Å². The van der Waals surface area contributed by atoms with E-state index in [4.69, 9.17) is 5.11 Å². The van der Waals surface area contributed by atoms with Crippen LogP contribution in [0.3, 0.4) is 0 Å². The summed E-state index contributed by atoms with van der Waals surface area (Å²) in [6, 6.07) is 10.7. The zero-order valence-electron chi connectivity index (χ0n) is 13.6. The Morgan fingerprint density at radius 1 is 1.29 bits per heavy atom. The topological polar surface area (TPSA) is 53.4 Å². The molecule has 1 aliphatic rings. The maximum Gasteiger partial charge on any atom is 0.355 e. The van der Waals surface area contributed by atoms with Gasteiger partial charge in [-0.1, -0.05) is 55.3 Å². The van der Waals surface area contributed by atoms with E-state index in [9.17, 15) is 4.79 Å². The molecule has 126 valence electrons. The second kappa shape index (κ2) is 8.22. The number of aromatic nitrogens is 1. The summed E-state index contributed by atoms with van der Waals surface area (Å²) in [6.07, 6.45) is 9.29. The van der Waals surface area contributed by atoms with Crippen LogP contribution >= 0.6 is 11.3 Å². The standard InChI is InChI=1S/C19H22N2O2S/c22-19(23)17-14-24-18(20-17)13-21-12-6-2-5-9-16(21)11-10-15-7-3-1-4-8-15/h1,3-4,7-8,10-11,14,16H,2,5-6,9,12-13H2,(H,22,23)/b11-10+. The molecule has 1 unspecified atom stereocenters. The number of hydrogen-bond donors (Lipinski definition) is 1. The molecular formula is C19H22N2O2S. The molecule has 0 bridgehead atoms. The Balaban J connectivity index is 1.72. The number of carbonyl (C=O) groups is 1. The summed E-state index contributed by atoms with van der Waals surface area (Å²) in [6.45, 7) is 1.76. The van der Waals surface area contributed by atoms with Gasteiger partial charge in [0, 0.05) is 11.4 Å². The van der Waals surface area contributed by atoms with Crippen LogP contribution in [0.5, 0.6) is 0 Å². The number of rotatable bonds is 5. The first-order valence-electron chi connectivity index (χ1n) is 8.37. The lowest BCUT2D eigenvalue weighted by atomic mass is 10.1. The summed E-state index contributed by atoms with van der Waals surface area (Å²) >= 11 is 1.44. The van der Waals surface area contributed by atoms with Crippen molar-refractivity contribution in [2.24, 2.45) is 0 Å². The van der Waals surface area contributed by atoms with E-state index in [0.717, 1.165) is 24.5 Å². The molecule has 4 nitrogen and oxygen atoms in total. The molecule has 3 rings (SSSR count). The number of carboxylic acids is 1. The van der Waals surface area contributed by atoms with Gasteiger partial charge in [0.25, 0.3) is 0 Å². The Bertz CT molecular complexity index is 696. The fraction of sp³-hybridized carbons (Fsp3) is 0.368. The lowest BCUT2D eigenvalue weighted by Crippen LogP contribution is -2.32. The molecule has 1 aliphatic heterocycles. The van der Waals surface area contributed by atoms with Crippen molar-refractivity contribution in [3.8, 4) is 0 Å². The fourth-order valence-electron chi connectivity index (χ4n) is 3.05. The van der Waals surface area contributed by atoms with Crippen molar-refractivity contribution in [3.05, 3.63) is 58.1 Å². The third-order valence-corrected chi connectivity index (χ3v) is 5.17. The van der Waals surface area contributed by atoms with Crippen LogP contribution in [0.1, 0.15) is 46.7 Å². The van der Waals surface area contributed by atoms with Crippen LogP contribution in [0.4, 0.5) is 0 Å². The Morgan fingerprint density at radius 2 is 2.12 bits per heavy atom. The van der Waals surface area contributed by atoms with Crippen molar-refractivity contribution in [2.45, 2.75) is 38.3 Å². The lowest BCUT2D eigenvalue weighted by Gasteiger charge is -2.26. The van der Waals surface area contributed by atoms with Crippen LogP contribution < -0.4 is 0 Å². The molecule has 2 aromatic rings. The van der Waals surface area contributed by atoms with Crippen molar-refractivity contribution >= 4 is 23.4 Å². The van der Waals surface area contributed by atoms with Crippen LogP contribution in [-0.4, -0.2) is 33.5 Å². The predicted molar refractivity (Wildman–Crippen MR) is 97.2 cm³/mol. The monoisotopic (exact) mass is 342 g/mol. The molecule has 2 heterocycles. The normalized spacial score (nSPS) is 19.4. The van der Waals surface area contributed by atoms with Crippen molar-refractivity contribution in [3.63, 3.8) is 0 Å². The van der Waals surface area contributed by atoms with Gasteiger partial charge in [-0.2, -0.15) is 0 Å². The van der Waals surface area contributed by atoms with E-state index < -0.39 is 5.97 Å². The van der Waals surface area contributed by atoms with E-state index in [2.05, 4.69) is 34.2 Å². The van der Waals surface area contributed by atoms with Gasteiger partial charge in [0.2, 0.25) is 0 Å². The first kappa shape index (κ1) is 16.9. The number of carboxylic acid groups (broad SMARTS) is 1. The van der Waals surface area contributed by atoms with E-state index in [1.54, 1.807) is 5.38 Å². The Labute approximate surface area is 146 Å². The second-order valence-corrected chi connectivity index (χ2v) is 7.03. The van der Waals surface area contributed by atoms with Gasteiger partial charge in [-0.05, 0) is 24.9 Å². The molecule has 1 atom stereocenters. The number of thiazole rings is 1. The fourth-order valence-corrected chi connectivity index (χ4v) is 3.84. The van der Waals surface area contributed by atoms with Crippen LogP contribution in [0.15, 0.2) is 41.8 Å². The van der Waals surface area contributed by atoms with E-state index >= 15 is 0 Å². The zero-order chi connectivity index (χ0) is 16.8. The lowest BCUT2D eigenvalue weighted by molar-refractivity contribution is 0.0691. The Hall–Kier alpha value is -1.98. The number of likely N-dealkylation sites (tertiary alicyclic amines) is 1. The predicted octanol–water partition coefficient (Wildman–Crippen LogP) is 4.30. The highest BCUT2D eigenvalue weighted by Crippen LogP contribution is 2.22. The first-order chi connectivity index (χ1) is 11.7. The highest BCUT2D eigenvalue weighted by molar-refractivity contribution is 7.09. The van der Waals surface area contributed by atoms with Gasteiger partial charge in [0.1, 0.15) is 5.01 Å². The number of benzene rings is 1. The van der Waals surface area contributed by atoms with Gasteiger partial charge in [0.15, 0.2) is 5.69 Å². The van der Waals surface area contributed by atoms with Gasteiger partial charge in [-0.25, -0.2) is 9.78 Å². The average Bonchev–Trinajstić information content (AvgIpc) is 2.95. The summed E-state index contributed by atoms with van der Waals surface area (Å²) < 4.78 is 0. The minimum Gasteiger partial charge on any atom is -0.476 e. The molecule has 0 spiro atoms. The van der Waals surface area contributed by atoms with Crippen LogP contribution in [-0.2, 0) is 6.54 Å². The molecule has 5 heteroatoms. The highest BCUT2D eigenvalue weighted by atomic mass is 32.1. The minimum absolute atomic E-state index is 0.154. The molecule has 1 aromatic heterocycles. The van der Waals surface area contributed by atoms with Gasteiger partial charge in [-0.15, -0.1) is 11.3 Å². The summed E-state index contributed by atoms with van der Waals surface area (Å²) in [5.41, 5.74) is 1.37. The van der Waals surface area contributed by atoms with Gasteiger partial charge in [-0.3, -0.25) is 4.90 Å². The molecule has 1 N–H and O–H groups in total. The third kappa shape index (κ3) is 4.52. The maximum atomic E-state index is 11.0. The third-order valence-electron chi connectivity index (χ3n) is 4.33. The molecule has 0 saturated carbocycles. The molecule has 1 aromatic carbocycles. The number of hydrogen-bond acceptors (Lipinski definition) is 4. The Morgan fingerprint density at radius 3 is 2.88 bits per heavy atom. The van der Waals surface area contributed by atoms with E-state index in [0.29, 0.717) is 6.04 Å². The summed E-state index contributed by atoms with van der Waals surface area (Å²) in [7, 11) is 0. The molecule has 0 radical (unpaired) electrons. The van der Waals surface area contributed by atoms with Crippen molar-refractivity contribution in [1.82, 2.24) is 9.88 Å². The summed E-state index contributed by atoms with van der Waals surface area (Å²) in [5, 5.41) is 11.5. The molecule has 24 heavy (non-hydrogen) atoms. The Kier molecular flexibility index (Phi) is 5.77. The largest absolute Gasteiger partial charge is 0.476 e. The van der Waals surface area contributed by atoms with Crippen LogP contribution in [0, 0.1) is 0 Å². The zero-order valence-corrected chi connectivity index (χ0v) is 14.4. The van der Waals surface area contributed by atoms with Gasteiger partial charge in [0.05, 0.1) is 6.54 Å². The van der Waals surface area contributed by atoms with Gasteiger partial charge < -0.3 is 5.11 Å². The van der Waals surface area contributed by atoms with Crippen molar-refractivity contribution < 1.29 is 9.90 Å². The number of aromatic carboxylic acids is 1. The average molecular weight is 342 g/mol. The van der Waals surface area contributed by atoms with Gasteiger partial charge >= 0.3 is 5.97 Å². The molecular weight excluding hydrogens is 320 g/mol. The van der Waals surface area contributed by atoms with E-state index in [1.807, 2.05) is 18.2 Å². The van der Waals surface area contributed by atoms with Crippen LogP contribution in [0.25, 0.3) is 6.08 Å². The molecule has 1 fully saturated rings. The van der Waals surface area contributed by atoms with Crippen molar-refractivity contribution in [2.75, 3.05) is 6.54 Å². The minimum atomic E-state index is -0.950. The highest BCUT2D eigenvalue weighted by Gasteiger charge is 2.20.